The molecule has 0 spiro atoms. The zero-order valence-electron chi connectivity index (χ0n) is 14.8. The minimum atomic E-state index is -3.82. The largest absolute Gasteiger partial charge is 0.497 e. The van der Waals surface area contributed by atoms with Gasteiger partial charge in [-0.25, -0.2) is 13.2 Å². The molecule has 0 N–H and O–H groups in total. The number of methoxy groups -OCH3 is 2. The van der Waals surface area contributed by atoms with Gasteiger partial charge in [-0.3, -0.25) is 10.1 Å². The topological polar surface area (TPSA) is 122 Å². The van der Waals surface area contributed by atoms with Crippen LogP contribution in [0.15, 0.2) is 41.3 Å². The van der Waals surface area contributed by atoms with Gasteiger partial charge in [0.25, 0.3) is 5.69 Å². The standard InChI is InChI=1S/C17H17NO8S/c1-24-13-5-6-15(25-2)12(8-13)10-26-17(19)11-4-7-16(27(3,22)23)14(9-11)18(20)21/h4-9H,10H2,1-3H3. The van der Waals surface area contributed by atoms with Gasteiger partial charge in [0, 0.05) is 17.9 Å². The Bertz CT molecular complexity index is 984. The van der Waals surface area contributed by atoms with Gasteiger partial charge in [-0.2, -0.15) is 0 Å². The second-order valence-electron chi connectivity index (χ2n) is 5.47. The number of benzene rings is 2. The molecule has 0 bridgehead atoms. The maximum absolute atomic E-state index is 12.2. The van der Waals surface area contributed by atoms with E-state index in [1.807, 2.05) is 0 Å². The van der Waals surface area contributed by atoms with E-state index in [4.69, 9.17) is 14.2 Å². The molecule has 10 heteroatoms. The molecule has 0 unspecified atom stereocenters. The third kappa shape index (κ3) is 4.73. The van der Waals surface area contributed by atoms with Crippen LogP contribution in [0.25, 0.3) is 0 Å². The Labute approximate surface area is 155 Å². The summed E-state index contributed by atoms with van der Waals surface area (Å²) in [5, 5.41) is 11.1. The van der Waals surface area contributed by atoms with Gasteiger partial charge in [0.2, 0.25) is 0 Å². The first-order chi connectivity index (χ1) is 12.7. The molecule has 0 fully saturated rings. The van der Waals surface area contributed by atoms with Crippen molar-refractivity contribution in [3.8, 4) is 11.5 Å². The van der Waals surface area contributed by atoms with Crippen LogP contribution in [0.2, 0.25) is 0 Å². The molecule has 2 aromatic carbocycles. The SMILES string of the molecule is COc1ccc(OC)c(COC(=O)c2ccc(S(C)(=O)=O)c([N+](=O)[O-])c2)c1. The highest BCUT2D eigenvalue weighted by Crippen LogP contribution is 2.27. The maximum Gasteiger partial charge on any atom is 0.338 e. The number of carbonyl (C=O) groups is 1. The van der Waals surface area contributed by atoms with E-state index >= 15 is 0 Å². The van der Waals surface area contributed by atoms with Crippen LogP contribution in [0.3, 0.4) is 0 Å². The minimum absolute atomic E-state index is 0.143. The lowest BCUT2D eigenvalue weighted by molar-refractivity contribution is -0.387. The molecule has 2 rings (SSSR count). The summed E-state index contributed by atoms with van der Waals surface area (Å²) in [4.78, 5) is 22.0. The summed E-state index contributed by atoms with van der Waals surface area (Å²) in [7, 11) is -0.872. The molecule has 0 radical (unpaired) electrons. The van der Waals surface area contributed by atoms with Crippen molar-refractivity contribution in [3.05, 3.63) is 57.6 Å². The van der Waals surface area contributed by atoms with Gasteiger partial charge in [-0.15, -0.1) is 0 Å². The quantitative estimate of drug-likeness (QED) is 0.398. The van der Waals surface area contributed by atoms with Gasteiger partial charge in [0.05, 0.1) is 24.7 Å². The van der Waals surface area contributed by atoms with Crippen molar-refractivity contribution in [2.45, 2.75) is 11.5 Å². The Morgan fingerprint density at radius 3 is 2.37 bits per heavy atom. The van der Waals surface area contributed by atoms with E-state index in [1.165, 1.54) is 14.2 Å². The van der Waals surface area contributed by atoms with Crippen LogP contribution in [0.4, 0.5) is 5.69 Å². The molecule has 0 amide bonds. The van der Waals surface area contributed by atoms with Crippen molar-refractivity contribution in [2.24, 2.45) is 0 Å². The van der Waals surface area contributed by atoms with Crippen molar-refractivity contribution in [2.75, 3.05) is 20.5 Å². The minimum Gasteiger partial charge on any atom is -0.497 e. The van der Waals surface area contributed by atoms with Crippen LogP contribution in [-0.2, 0) is 21.2 Å². The molecule has 0 aliphatic heterocycles. The number of hydrogen-bond donors (Lipinski definition) is 0. The molecule has 27 heavy (non-hydrogen) atoms. The third-order valence-corrected chi connectivity index (χ3v) is 4.78. The predicted molar refractivity (Wildman–Crippen MR) is 94.9 cm³/mol. The Balaban J connectivity index is 2.27. The number of rotatable bonds is 7. The fraction of sp³-hybridized carbons (Fsp3) is 0.235. The molecule has 0 saturated carbocycles. The number of nitro groups is 1. The maximum atomic E-state index is 12.2. The number of sulfone groups is 1. The highest BCUT2D eigenvalue weighted by Gasteiger charge is 2.24. The molecule has 0 saturated heterocycles. The van der Waals surface area contributed by atoms with Crippen LogP contribution in [0.1, 0.15) is 15.9 Å². The van der Waals surface area contributed by atoms with E-state index in [0.717, 1.165) is 24.5 Å². The second kappa shape index (κ2) is 8.04. The van der Waals surface area contributed by atoms with Crippen LogP contribution in [-0.4, -0.2) is 39.8 Å². The lowest BCUT2D eigenvalue weighted by atomic mass is 10.2. The number of esters is 1. The Hall–Kier alpha value is -3.14. The molecule has 144 valence electrons. The van der Waals surface area contributed by atoms with Crippen molar-refractivity contribution >= 4 is 21.5 Å². The molecular weight excluding hydrogens is 378 g/mol. The monoisotopic (exact) mass is 395 g/mol. The number of ether oxygens (including phenoxy) is 3. The van der Waals surface area contributed by atoms with E-state index in [1.54, 1.807) is 18.2 Å². The smallest absolute Gasteiger partial charge is 0.338 e. The van der Waals surface area contributed by atoms with Crippen molar-refractivity contribution in [1.82, 2.24) is 0 Å². The van der Waals surface area contributed by atoms with Crippen molar-refractivity contribution in [1.29, 1.82) is 0 Å². The highest BCUT2D eigenvalue weighted by atomic mass is 32.2. The number of carbonyl (C=O) groups excluding carboxylic acids is 1. The van der Waals surface area contributed by atoms with E-state index < -0.39 is 31.3 Å². The molecule has 0 heterocycles. The first kappa shape index (κ1) is 20.2. The molecule has 0 aliphatic carbocycles. The molecule has 0 aliphatic rings. The molecule has 0 atom stereocenters. The molecule has 2 aromatic rings. The average molecular weight is 395 g/mol. The van der Waals surface area contributed by atoms with Crippen molar-refractivity contribution in [3.63, 3.8) is 0 Å². The van der Waals surface area contributed by atoms with Crippen LogP contribution in [0.5, 0.6) is 11.5 Å². The summed E-state index contributed by atoms with van der Waals surface area (Å²) in [5.41, 5.74) is -0.297. The van der Waals surface area contributed by atoms with Crippen LogP contribution >= 0.6 is 0 Å². The Morgan fingerprint density at radius 1 is 1.11 bits per heavy atom. The summed E-state index contributed by atoms with van der Waals surface area (Å²) in [6.45, 7) is -0.166. The van der Waals surface area contributed by atoms with Crippen LogP contribution in [0, 0.1) is 10.1 Å². The van der Waals surface area contributed by atoms with Gasteiger partial charge in [0.15, 0.2) is 9.84 Å². The average Bonchev–Trinajstić information content (AvgIpc) is 2.64. The van der Waals surface area contributed by atoms with Gasteiger partial charge in [-0.05, 0) is 30.3 Å². The zero-order chi connectivity index (χ0) is 20.2. The normalized spacial score (nSPS) is 10.9. The van der Waals surface area contributed by atoms with Gasteiger partial charge in [0.1, 0.15) is 23.0 Å². The van der Waals surface area contributed by atoms with Gasteiger partial charge < -0.3 is 14.2 Å². The Kier molecular flexibility index (Phi) is 6.01. The molecule has 9 nitrogen and oxygen atoms in total. The predicted octanol–water partition coefficient (Wildman–Crippen LogP) is 2.37. The lowest BCUT2D eigenvalue weighted by Gasteiger charge is -2.11. The summed E-state index contributed by atoms with van der Waals surface area (Å²) in [5.74, 6) is 0.167. The summed E-state index contributed by atoms with van der Waals surface area (Å²) < 4.78 is 38.7. The molecular formula is C17H17NO8S. The first-order valence-corrected chi connectivity index (χ1v) is 9.43. The highest BCUT2D eigenvalue weighted by molar-refractivity contribution is 7.90. The van der Waals surface area contributed by atoms with E-state index in [9.17, 15) is 23.3 Å². The molecule has 0 aromatic heterocycles. The third-order valence-electron chi connectivity index (χ3n) is 3.64. The fourth-order valence-corrected chi connectivity index (χ4v) is 3.15. The lowest BCUT2D eigenvalue weighted by Crippen LogP contribution is -2.09. The zero-order valence-corrected chi connectivity index (χ0v) is 15.6. The van der Waals surface area contributed by atoms with E-state index in [0.29, 0.717) is 17.1 Å². The fourth-order valence-electron chi connectivity index (χ4n) is 2.32. The summed E-state index contributed by atoms with van der Waals surface area (Å²) in [6, 6.07) is 8.00. The summed E-state index contributed by atoms with van der Waals surface area (Å²) >= 11 is 0. The number of hydrogen-bond acceptors (Lipinski definition) is 8. The first-order valence-electron chi connectivity index (χ1n) is 7.54. The Morgan fingerprint density at radius 2 is 1.81 bits per heavy atom. The van der Waals surface area contributed by atoms with Gasteiger partial charge >= 0.3 is 5.97 Å². The van der Waals surface area contributed by atoms with Crippen LogP contribution < -0.4 is 9.47 Å². The number of nitrogens with zero attached hydrogens (tertiary/aromatic N) is 1. The van der Waals surface area contributed by atoms with Gasteiger partial charge in [-0.1, -0.05) is 0 Å². The van der Waals surface area contributed by atoms with Crippen molar-refractivity contribution < 1.29 is 32.3 Å². The second-order valence-corrected chi connectivity index (χ2v) is 7.45. The van der Waals surface area contributed by atoms with E-state index in [-0.39, 0.29) is 12.2 Å². The summed E-state index contributed by atoms with van der Waals surface area (Å²) in [6.07, 6.45) is 0.850. The number of nitro benzene ring substituents is 1. The van der Waals surface area contributed by atoms with E-state index in [2.05, 4.69) is 0 Å².